The number of hydrogen-bond acceptors (Lipinski definition) is 6. The Balaban J connectivity index is 2.97. The highest BCUT2D eigenvalue weighted by Crippen LogP contribution is 2.35. The van der Waals surface area contributed by atoms with Crippen LogP contribution in [-0.4, -0.2) is 47.0 Å². The Kier molecular flexibility index (Phi) is 8.90. The number of nitriles is 1. The van der Waals surface area contributed by atoms with Gasteiger partial charge in [0.25, 0.3) is 5.91 Å². The van der Waals surface area contributed by atoms with Gasteiger partial charge in [0.1, 0.15) is 17.4 Å². The molecule has 0 saturated carbocycles. The molecular weight excluding hydrogens is 324 g/mol. The van der Waals surface area contributed by atoms with Crippen molar-refractivity contribution in [1.29, 1.82) is 5.26 Å². The van der Waals surface area contributed by atoms with Crippen LogP contribution in [0.1, 0.15) is 18.9 Å². The second kappa shape index (κ2) is 10.9. The van der Waals surface area contributed by atoms with Gasteiger partial charge in [-0.1, -0.05) is 0 Å². The van der Waals surface area contributed by atoms with Gasteiger partial charge in [-0.3, -0.25) is 4.79 Å². The van der Waals surface area contributed by atoms with Gasteiger partial charge in [-0.25, -0.2) is 0 Å². The highest BCUT2D eigenvalue weighted by Gasteiger charge is 2.14. The summed E-state index contributed by atoms with van der Waals surface area (Å²) in [6.07, 6.45) is 2.14. The highest BCUT2D eigenvalue weighted by atomic mass is 16.5. The molecule has 0 bridgehead atoms. The van der Waals surface area contributed by atoms with Gasteiger partial charge in [-0.05, 0) is 25.5 Å². The molecule has 1 N–H and O–H groups in total. The van der Waals surface area contributed by atoms with E-state index < -0.39 is 5.91 Å². The van der Waals surface area contributed by atoms with E-state index in [9.17, 15) is 10.1 Å². The van der Waals surface area contributed by atoms with Crippen molar-refractivity contribution in [1.82, 2.24) is 5.32 Å². The number of nitrogens with zero attached hydrogens (tertiary/aromatic N) is 1. The Hall–Kier alpha value is -2.72. The van der Waals surface area contributed by atoms with Crippen LogP contribution in [0.2, 0.25) is 0 Å². The average molecular weight is 348 g/mol. The molecule has 0 unspecified atom stereocenters. The van der Waals surface area contributed by atoms with Crippen LogP contribution in [0, 0.1) is 11.3 Å². The second-order valence-corrected chi connectivity index (χ2v) is 4.93. The fourth-order valence-electron chi connectivity index (χ4n) is 2.09. The third kappa shape index (κ3) is 6.01. The first-order valence-corrected chi connectivity index (χ1v) is 7.88. The fraction of sp³-hybridized carbons (Fsp3) is 0.444. The van der Waals surface area contributed by atoms with Crippen LogP contribution in [-0.2, 0) is 9.53 Å². The topological polar surface area (TPSA) is 89.8 Å². The lowest BCUT2D eigenvalue weighted by Crippen LogP contribution is -2.26. The summed E-state index contributed by atoms with van der Waals surface area (Å²) in [5.74, 6) is 0.990. The zero-order valence-corrected chi connectivity index (χ0v) is 15.0. The molecule has 0 heterocycles. The molecule has 25 heavy (non-hydrogen) atoms. The molecule has 0 saturated heterocycles. The smallest absolute Gasteiger partial charge is 0.261 e. The number of nitrogens with one attached hydrogen (secondary N) is 1. The Labute approximate surface area is 148 Å². The molecular formula is C18H24N2O5. The van der Waals surface area contributed by atoms with Crippen molar-refractivity contribution in [3.05, 3.63) is 23.3 Å². The van der Waals surface area contributed by atoms with Crippen molar-refractivity contribution >= 4 is 12.0 Å². The summed E-state index contributed by atoms with van der Waals surface area (Å²) in [7, 11) is 4.52. The predicted molar refractivity (Wildman–Crippen MR) is 93.8 cm³/mol. The monoisotopic (exact) mass is 348 g/mol. The zero-order chi connectivity index (χ0) is 18.7. The van der Waals surface area contributed by atoms with Crippen molar-refractivity contribution in [3.8, 4) is 23.3 Å². The average Bonchev–Trinajstić information content (AvgIpc) is 2.64. The van der Waals surface area contributed by atoms with Gasteiger partial charge < -0.3 is 24.3 Å². The molecule has 0 fully saturated rings. The van der Waals surface area contributed by atoms with Crippen LogP contribution in [0.5, 0.6) is 17.2 Å². The Morgan fingerprint density at radius 2 is 1.80 bits per heavy atom. The van der Waals surface area contributed by atoms with Gasteiger partial charge >= 0.3 is 0 Å². The normalized spacial score (nSPS) is 10.8. The van der Waals surface area contributed by atoms with E-state index in [0.29, 0.717) is 49.0 Å². The molecule has 136 valence electrons. The van der Waals surface area contributed by atoms with Crippen molar-refractivity contribution in [2.75, 3.05) is 41.1 Å². The molecule has 0 spiro atoms. The summed E-state index contributed by atoms with van der Waals surface area (Å²) in [5.41, 5.74) is 0.517. The first-order chi connectivity index (χ1) is 12.1. The Morgan fingerprint density at radius 3 is 2.36 bits per heavy atom. The lowest BCUT2D eigenvalue weighted by atomic mass is 10.1. The molecule has 0 aliphatic rings. The lowest BCUT2D eigenvalue weighted by Gasteiger charge is -2.12. The number of benzene rings is 1. The number of methoxy groups -OCH3 is 3. The predicted octanol–water partition coefficient (Wildman–Crippen LogP) is 2.16. The number of rotatable bonds is 10. The van der Waals surface area contributed by atoms with Gasteiger partial charge in [-0.15, -0.1) is 0 Å². The van der Waals surface area contributed by atoms with Gasteiger partial charge in [0, 0.05) is 31.4 Å². The van der Waals surface area contributed by atoms with Crippen LogP contribution < -0.4 is 19.5 Å². The molecule has 1 aromatic rings. The second-order valence-electron chi connectivity index (χ2n) is 4.93. The maximum Gasteiger partial charge on any atom is 0.261 e. The number of hydrogen-bond donors (Lipinski definition) is 1. The van der Waals surface area contributed by atoms with Gasteiger partial charge in [0.2, 0.25) is 0 Å². The largest absolute Gasteiger partial charge is 0.496 e. The van der Waals surface area contributed by atoms with E-state index in [-0.39, 0.29) is 5.57 Å². The van der Waals surface area contributed by atoms with Gasteiger partial charge in [-0.2, -0.15) is 5.26 Å². The summed E-state index contributed by atoms with van der Waals surface area (Å²) in [6.45, 7) is 3.54. The molecule has 1 aromatic carbocycles. The molecule has 0 atom stereocenters. The van der Waals surface area contributed by atoms with Crippen LogP contribution in [0.4, 0.5) is 0 Å². The van der Waals surface area contributed by atoms with Crippen molar-refractivity contribution in [2.45, 2.75) is 13.3 Å². The quantitative estimate of drug-likeness (QED) is 0.396. The third-order valence-electron chi connectivity index (χ3n) is 3.36. The van der Waals surface area contributed by atoms with E-state index in [2.05, 4.69) is 5.32 Å². The zero-order valence-electron chi connectivity index (χ0n) is 15.0. The van der Waals surface area contributed by atoms with E-state index in [1.54, 1.807) is 12.1 Å². The highest BCUT2D eigenvalue weighted by molar-refractivity contribution is 6.02. The van der Waals surface area contributed by atoms with E-state index >= 15 is 0 Å². The number of carbonyl (C=O) groups excluding carboxylic acids is 1. The van der Waals surface area contributed by atoms with E-state index in [1.165, 1.54) is 27.4 Å². The van der Waals surface area contributed by atoms with Crippen LogP contribution in [0.3, 0.4) is 0 Å². The minimum atomic E-state index is -0.448. The van der Waals surface area contributed by atoms with Gasteiger partial charge in [0.15, 0.2) is 11.5 Å². The summed E-state index contributed by atoms with van der Waals surface area (Å²) >= 11 is 0. The standard InChI is InChI=1S/C18H24N2O5/c1-5-25-8-6-7-20-18(21)14(12-19)9-13-10-16(23-3)17(24-4)11-15(13)22-2/h9-11H,5-8H2,1-4H3,(H,20,21)/b14-9+. The summed E-state index contributed by atoms with van der Waals surface area (Å²) in [6, 6.07) is 5.20. The van der Waals surface area contributed by atoms with Crippen molar-refractivity contribution in [2.24, 2.45) is 0 Å². The summed E-state index contributed by atoms with van der Waals surface area (Å²) in [5, 5.41) is 12.0. The molecule has 0 radical (unpaired) electrons. The summed E-state index contributed by atoms with van der Waals surface area (Å²) < 4.78 is 21.0. The first kappa shape index (κ1) is 20.3. The maximum atomic E-state index is 12.1. The van der Waals surface area contributed by atoms with Crippen LogP contribution >= 0.6 is 0 Å². The molecule has 1 rings (SSSR count). The third-order valence-corrected chi connectivity index (χ3v) is 3.36. The van der Waals surface area contributed by atoms with E-state index in [1.807, 2.05) is 13.0 Å². The Morgan fingerprint density at radius 1 is 1.16 bits per heavy atom. The molecule has 0 aromatic heterocycles. The van der Waals surface area contributed by atoms with Crippen molar-refractivity contribution in [3.63, 3.8) is 0 Å². The number of amides is 1. The maximum absolute atomic E-state index is 12.1. The first-order valence-electron chi connectivity index (χ1n) is 7.88. The number of ether oxygens (including phenoxy) is 4. The Bertz CT molecular complexity index is 650. The van der Waals surface area contributed by atoms with E-state index in [0.717, 1.165) is 0 Å². The van der Waals surface area contributed by atoms with Crippen molar-refractivity contribution < 1.29 is 23.7 Å². The summed E-state index contributed by atoms with van der Waals surface area (Å²) in [4.78, 5) is 12.1. The minimum Gasteiger partial charge on any atom is -0.496 e. The molecule has 7 heteroatoms. The molecule has 7 nitrogen and oxygen atoms in total. The molecule has 0 aliphatic heterocycles. The minimum absolute atomic E-state index is 0.0260. The van der Waals surface area contributed by atoms with Crippen LogP contribution in [0.25, 0.3) is 6.08 Å². The van der Waals surface area contributed by atoms with Gasteiger partial charge in [0.05, 0.1) is 21.3 Å². The SMILES string of the molecule is CCOCCCNC(=O)/C(C#N)=C/c1cc(OC)c(OC)cc1OC. The molecule has 0 aliphatic carbocycles. The molecule has 1 amide bonds. The van der Waals surface area contributed by atoms with E-state index in [4.69, 9.17) is 18.9 Å². The van der Waals surface area contributed by atoms with Crippen LogP contribution in [0.15, 0.2) is 17.7 Å². The lowest BCUT2D eigenvalue weighted by molar-refractivity contribution is -0.117. The fourth-order valence-corrected chi connectivity index (χ4v) is 2.09. The number of carbonyl (C=O) groups is 1.